The highest BCUT2D eigenvalue weighted by molar-refractivity contribution is 6.20. The van der Waals surface area contributed by atoms with Gasteiger partial charge in [0.2, 0.25) is 23.9 Å². The van der Waals surface area contributed by atoms with Crippen LogP contribution in [0.2, 0.25) is 0 Å². The number of nitrogens with zero attached hydrogens (tertiary/aromatic N) is 3. The van der Waals surface area contributed by atoms with E-state index in [1.165, 1.54) is 11.9 Å². The monoisotopic (exact) mass is 1080 g/mol. The molecule has 2 aliphatic heterocycles. The zero-order valence-electron chi connectivity index (χ0n) is 39.7. The topological polar surface area (TPSA) is 180 Å². The predicted molar refractivity (Wildman–Crippen MR) is 256 cm³/mol. The van der Waals surface area contributed by atoms with Crippen LogP contribution in [0.25, 0.3) is 0 Å². The molecule has 6 atom stereocenters. The number of nitrogens with one attached hydrogen (secondary N) is 2. The number of rotatable bonds is 16. The van der Waals surface area contributed by atoms with E-state index in [2.05, 4.69) is 20.6 Å². The summed E-state index contributed by atoms with van der Waals surface area (Å²) in [6.07, 6.45) is -32.0. The molecular weight excluding hydrogens is 1030 g/mol. The van der Waals surface area contributed by atoms with Crippen molar-refractivity contribution in [1.29, 1.82) is 0 Å². The first kappa shape index (κ1) is 61.1. The number of ketones is 2. The molecule has 4 N–H and O–H groups in total. The molecule has 0 aliphatic carbocycles. The number of benzene rings is 4. The first-order valence-electron chi connectivity index (χ1n) is 22.8. The van der Waals surface area contributed by atoms with E-state index in [9.17, 15) is 81.5 Å². The fraction of sp³-hybridized carbons (Fsp3) is 0.385. The lowest BCUT2D eigenvalue weighted by Gasteiger charge is -2.27. The molecule has 0 saturated carbocycles. The molecule has 2 heterocycles. The van der Waals surface area contributed by atoms with Gasteiger partial charge in [0.15, 0.2) is 11.9 Å². The van der Waals surface area contributed by atoms with Gasteiger partial charge in [-0.25, -0.2) is 4.99 Å². The number of nitrogens with two attached hydrogens (primary N) is 1. The molecule has 4 aromatic rings. The highest BCUT2D eigenvalue weighted by Gasteiger charge is 2.46. The van der Waals surface area contributed by atoms with Gasteiger partial charge in [0.25, 0.3) is 5.91 Å². The number of hydrogen-bond acceptors (Lipinski definition) is 8. The van der Waals surface area contributed by atoms with E-state index in [0.29, 0.717) is 39.2 Å². The number of carbonyl (C=O) groups excluding carboxylic acids is 6. The van der Waals surface area contributed by atoms with Crippen LogP contribution in [0.1, 0.15) is 80.7 Å². The van der Waals surface area contributed by atoms with Crippen LogP contribution in [0.15, 0.2) is 119 Å². The van der Waals surface area contributed by atoms with Gasteiger partial charge in [-0.15, -0.1) is 0 Å². The number of Topliss-reactive ketones (excluding diaryl/α,β-unsaturated/α-hetero) is 2. The third-order valence-electron chi connectivity index (χ3n) is 12.1. The van der Waals surface area contributed by atoms with E-state index in [-0.39, 0.29) is 19.6 Å². The Kier molecular flexibility index (Phi) is 20.5. The van der Waals surface area contributed by atoms with E-state index in [1.807, 2.05) is 0 Å². The minimum Gasteiger partial charge on any atom is -0.369 e. The summed E-state index contributed by atoms with van der Waals surface area (Å²) in [5.74, 6) is -15.1. The molecule has 0 fully saturated rings. The third-order valence-corrected chi connectivity index (χ3v) is 12.1. The summed E-state index contributed by atoms with van der Waals surface area (Å²) in [7, 11) is 1.41. The van der Waals surface area contributed by atoms with Crippen LogP contribution in [-0.4, -0.2) is 90.7 Å². The van der Waals surface area contributed by atoms with E-state index >= 15 is 0 Å². The summed E-state index contributed by atoms with van der Waals surface area (Å²) in [4.78, 5) is 86.4. The molecule has 2 aliphatic rings. The van der Waals surface area contributed by atoms with Crippen molar-refractivity contribution in [3.63, 3.8) is 0 Å². The van der Waals surface area contributed by atoms with Crippen LogP contribution >= 0.6 is 0 Å². The number of likely N-dealkylation sites (N-methyl/N-ethyl adjacent to an activating group) is 1. The van der Waals surface area contributed by atoms with Crippen molar-refractivity contribution < 1.29 is 81.5 Å². The fourth-order valence-corrected chi connectivity index (χ4v) is 8.50. The van der Waals surface area contributed by atoms with E-state index in [1.54, 1.807) is 109 Å². The van der Waals surface area contributed by atoms with Crippen molar-refractivity contribution in [2.45, 2.75) is 96.3 Å². The minimum atomic E-state index is -4.98. The van der Waals surface area contributed by atoms with Crippen molar-refractivity contribution in [3.8, 4) is 0 Å². The number of amides is 4. The molecule has 4 aromatic carbocycles. The van der Waals surface area contributed by atoms with Crippen LogP contribution in [-0.2, 0) is 35.2 Å². The van der Waals surface area contributed by atoms with E-state index in [0.717, 1.165) is 6.92 Å². The van der Waals surface area contributed by atoms with Crippen LogP contribution in [0.4, 0.5) is 58.4 Å². The van der Waals surface area contributed by atoms with Gasteiger partial charge < -0.3 is 21.3 Å². The minimum absolute atomic E-state index is 0. The summed E-state index contributed by atoms with van der Waals surface area (Å²) in [6.45, 7) is 0.789. The van der Waals surface area contributed by atoms with Crippen molar-refractivity contribution in [3.05, 3.63) is 137 Å². The number of benzodiazepines with no additional fused rings is 1. The highest BCUT2D eigenvalue weighted by Crippen LogP contribution is 2.37. The Hall–Kier alpha value is -7.40. The highest BCUT2D eigenvalue weighted by atomic mass is 19.4. The number of hydrogen-bond donors (Lipinski definition) is 3. The Morgan fingerprint density at radius 3 is 1.46 bits per heavy atom. The molecule has 410 valence electrons. The van der Waals surface area contributed by atoms with Crippen molar-refractivity contribution >= 4 is 52.3 Å². The number of fused-ring (bicyclic) bond motifs is 2. The predicted octanol–water partition coefficient (Wildman–Crippen LogP) is 9.80. The summed E-state index contributed by atoms with van der Waals surface area (Å²) in [5.41, 5.74) is 8.92. The third kappa shape index (κ3) is 17.3. The first-order chi connectivity index (χ1) is 34.9. The molecule has 6 rings (SSSR count). The summed E-state index contributed by atoms with van der Waals surface area (Å²) >= 11 is 0. The van der Waals surface area contributed by atoms with Gasteiger partial charge in [-0.2, -0.15) is 52.7 Å². The lowest BCUT2D eigenvalue weighted by atomic mass is 9.82. The van der Waals surface area contributed by atoms with Crippen molar-refractivity contribution in [2.75, 3.05) is 11.9 Å². The molecular formula is C52H52F12N6O6. The fourth-order valence-electron chi connectivity index (χ4n) is 8.50. The van der Waals surface area contributed by atoms with Gasteiger partial charge in [0, 0.05) is 60.4 Å². The van der Waals surface area contributed by atoms with Gasteiger partial charge in [-0.3, -0.25) is 33.8 Å². The smallest absolute Gasteiger partial charge is 0.369 e. The number of anilines is 1. The SMILES string of the molecule is C.CC(=O)[C@@H](CC(F)(F)F)[C@@H](CCC(F)(F)F)C(=O)N[C@H]1N=C(c2ccccc2)c2ccccc2N(C)C1=O.NC(=O)[C@@H](CC(F)(F)F)[C@@H](CCC(F)(F)F)C(=O)N[C@H]1N=C(c2ccccc2)c2ccccc2CC1=O. The molecule has 24 heteroatoms. The molecule has 4 amide bonds. The van der Waals surface area contributed by atoms with Gasteiger partial charge >= 0.3 is 24.7 Å². The quantitative estimate of drug-likeness (QED) is 0.0940. The van der Waals surface area contributed by atoms with Crippen LogP contribution < -0.4 is 21.3 Å². The normalized spacial score (nSPS) is 17.5. The molecule has 0 saturated heterocycles. The molecule has 0 aromatic heterocycles. The van der Waals surface area contributed by atoms with Crippen LogP contribution in [0, 0.1) is 23.7 Å². The van der Waals surface area contributed by atoms with Crippen molar-refractivity contribution in [2.24, 2.45) is 39.4 Å². The zero-order valence-corrected chi connectivity index (χ0v) is 39.7. The van der Waals surface area contributed by atoms with Gasteiger partial charge in [-0.05, 0) is 31.4 Å². The number of carbonyl (C=O) groups is 6. The van der Waals surface area contributed by atoms with E-state index < -0.39 is 134 Å². The molecule has 12 nitrogen and oxygen atoms in total. The second-order valence-corrected chi connectivity index (χ2v) is 17.6. The molecule has 0 radical (unpaired) electrons. The maximum atomic E-state index is 13.3. The Bertz CT molecular complexity index is 2760. The van der Waals surface area contributed by atoms with Crippen LogP contribution in [0.3, 0.4) is 0 Å². The number of halogens is 12. The summed E-state index contributed by atoms with van der Waals surface area (Å²) < 4.78 is 156. The van der Waals surface area contributed by atoms with Crippen molar-refractivity contribution in [1.82, 2.24) is 10.6 Å². The molecule has 0 bridgehead atoms. The largest absolute Gasteiger partial charge is 0.389 e. The molecule has 0 unspecified atom stereocenters. The number of aliphatic imine (C=N–C) groups is 2. The Labute approximate surface area is 428 Å². The Morgan fingerprint density at radius 1 is 0.579 bits per heavy atom. The van der Waals surface area contributed by atoms with Gasteiger partial charge in [-0.1, -0.05) is 111 Å². The zero-order chi connectivity index (χ0) is 55.6. The second-order valence-electron chi connectivity index (χ2n) is 17.6. The Morgan fingerprint density at radius 2 is 0.987 bits per heavy atom. The lowest BCUT2D eigenvalue weighted by molar-refractivity contribution is -0.164. The summed E-state index contributed by atoms with van der Waals surface area (Å²) in [5, 5.41) is 4.41. The van der Waals surface area contributed by atoms with Gasteiger partial charge in [0.05, 0.1) is 41.8 Å². The van der Waals surface area contributed by atoms with E-state index in [4.69, 9.17) is 5.73 Å². The average Bonchev–Trinajstić information content (AvgIpc) is 3.52. The summed E-state index contributed by atoms with van der Waals surface area (Å²) in [6, 6.07) is 30.6. The molecule has 76 heavy (non-hydrogen) atoms. The van der Waals surface area contributed by atoms with Crippen LogP contribution in [0.5, 0.6) is 0 Å². The molecule has 0 spiro atoms. The number of alkyl halides is 12. The first-order valence-corrected chi connectivity index (χ1v) is 22.8. The maximum Gasteiger partial charge on any atom is 0.389 e. The lowest BCUT2D eigenvalue weighted by Crippen LogP contribution is -2.49. The standard InChI is InChI=1S/C26H25F6N3O3.C25H23F6N3O3.CH4/c1-15(36)19(14-26(30,31)32)17(12-13-25(27,28)29)23(37)34-22-24(38)35(2)20-11-7-6-10-18(20)21(33-22)16-8-4-3-5-9-16;26-24(27,28)11-10-17(18(21(32)36)13-25(29,30)31)23(37)34-22-19(35)12-15-8-4-5-9-16(15)20(33-22)14-6-2-1-3-7-14;/h3-11,17,19,22H,12-14H2,1-2H3,(H,34,37);1-9,17-18,22H,10-13H2,(H2,32,36)(H,34,37);1H4/t17-,19-,22-;17-,18+,22-;/m11./s1. The number of primary amides is 1. The maximum absolute atomic E-state index is 13.3. The number of para-hydroxylation sites is 1. The second kappa shape index (κ2) is 25.4. The van der Waals surface area contributed by atoms with Gasteiger partial charge in [0.1, 0.15) is 5.78 Å². The Balaban J connectivity index is 0.000000324. The average molecular weight is 1080 g/mol.